The molecule has 1 heterocycles. The van der Waals surface area contributed by atoms with E-state index in [2.05, 4.69) is 5.10 Å². The summed E-state index contributed by atoms with van der Waals surface area (Å²) in [6.07, 6.45) is -8.98. The van der Waals surface area contributed by atoms with Gasteiger partial charge in [0, 0.05) is 5.71 Å². The van der Waals surface area contributed by atoms with Crippen LogP contribution in [0.2, 0.25) is 0 Å². The van der Waals surface area contributed by atoms with Gasteiger partial charge in [-0.15, -0.1) is 0 Å². The summed E-state index contributed by atoms with van der Waals surface area (Å²) in [5.41, 5.74) is 0.507. The predicted molar refractivity (Wildman–Crippen MR) is 63.6 cm³/mol. The molecule has 1 aliphatic heterocycles. The molecule has 0 amide bonds. The fraction of sp³-hybridized carbons (Fsp3) is 0.417. The van der Waals surface area contributed by atoms with E-state index in [1.54, 1.807) is 30.3 Å². The molecule has 3 atom stereocenters. The van der Waals surface area contributed by atoms with Crippen molar-refractivity contribution in [3.8, 4) is 0 Å². The summed E-state index contributed by atoms with van der Waals surface area (Å²) < 4.78 is 37.6. The molecule has 0 bridgehead atoms. The summed E-state index contributed by atoms with van der Waals surface area (Å²) in [7, 11) is 0. The molecule has 0 fully saturated rings. The number of benzene rings is 1. The van der Waals surface area contributed by atoms with Gasteiger partial charge >= 0.3 is 6.18 Å². The zero-order valence-corrected chi connectivity index (χ0v) is 10.0. The molecule has 0 saturated heterocycles. The maximum atomic E-state index is 12.5. The van der Waals surface area contributed by atoms with E-state index in [1.165, 1.54) is 6.92 Å². The number of aliphatic hydroxyl groups is 2. The first-order valence-electron chi connectivity index (χ1n) is 5.64. The molecular formula is C12H13F3N2O2. The Balaban J connectivity index is 2.27. The van der Waals surface area contributed by atoms with Crippen molar-refractivity contribution in [2.24, 2.45) is 11.0 Å². The summed E-state index contributed by atoms with van der Waals surface area (Å²) in [6, 6.07) is 8.33. The maximum Gasteiger partial charge on any atom is 0.415 e. The number of rotatable bonds is 2. The molecule has 7 heteroatoms. The van der Waals surface area contributed by atoms with E-state index in [-0.39, 0.29) is 5.71 Å². The lowest BCUT2D eigenvalue weighted by Crippen LogP contribution is -2.46. The smallest absolute Gasteiger partial charge is 0.383 e. The molecule has 0 aliphatic carbocycles. The summed E-state index contributed by atoms with van der Waals surface area (Å²) in [5, 5.41) is 24.2. The zero-order valence-electron chi connectivity index (χ0n) is 10.0. The third kappa shape index (κ3) is 2.57. The van der Waals surface area contributed by atoms with Crippen LogP contribution >= 0.6 is 0 Å². The van der Waals surface area contributed by atoms with E-state index in [1.807, 2.05) is 0 Å². The molecule has 0 spiro atoms. The Morgan fingerprint density at radius 3 is 2.37 bits per heavy atom. The van der Waals surface area contributed by atoms with Crippen LogP contribution in [0.3, 0.4) is 0 Å². The quantitative estimate of drug-likeness (QED) is 0.863. The Bertz CT molecular complexity index is 476. The summed E-state index contributed by atoms with van der Waals surface area (Å²) >= 11 is 0. The number of halogens is 3. The Labute approximate surface area is 107 Å². The zero-order chi connectivity index (χ0) is 14.2. The van der Waals surface area contributed by atoms with Crippen LogP contribution in [-0.4, -0.2) is 34.4 Å². The lowest BCUT2D eigenvalue weighted by Gasteiger charge is -2.27. The highest BCUT2D eigenvalue weighted by Crippen LogP contribution is 2.34. The SMILES string of the molecule is CC1=NN(c2ccccc2)C(O)C1C(O)C(F)(F)F. The van der Waals surface area contributed by atoms with Gasteiger partial charge in [0.05, 0.1) is 11.6 Å². The van der Waals surface area contributed by atoms with Gasteiger partial charge in [-0.1, -0.05) is 18.2 Å². The molecule has 0 radical (unpaired) electrons. The van der Waals surface area contributed by atoms with Crippen molar-refractivity contribution >= 4 is 11.4 Å². The number of aliphatic hydroxyl groups excluding tert-OH is 2. The molecule has 2 rings (SSSR count). The van der Waals surface area contributed by atoms with Crippen molar-refractivity contribution in [2.45, 2.75) is 25.4 Å². The fourth-order valence-corrected chi connectivity index (χ4v) is 2.05. The lowest BCUT2D eigenvalue weighted by atomic mass is 9.96. The minimum absolute atomic E-state index is 0.0428. The Morgan fingerprint density at radius 1 is 1.26 bits per heavy atom. The minimum atomic E-state index is -4.80. The lowest BCUT2D eigenvalue weighted by molar-refractivity contribution is -0.219. The molecule has 19 heavy (non-hydrogen) atoms. The second-order valence-corrected chi connectivity index (χ2v) is 4.35. The number of alkyl halides is 3. The normalized spacial score (nSPS) is 25.4. The Morgan fingerprint density at radius 2 is 1.84 bits per heavy atom. The van der Waals surface area contributed by atoms with Crippen molar-refractivity contribution < 1.29 is 23.4 Å². The molecule has 0 saturated carbocycles. The molecule has 104 valence electrons. The highest BCUT2D eigenvalue weighted by molar-refractivity contribution is 5.89. The van der Waals surface area contributed by atoms with Gasteiger partial charge < -0.3 is 10.2 Å². The van der Waals surface area contributed by atoms with Crippen LogP contribution in [0, 0.1) is 5.92 Å². The molecule has 0 aromatic heterocycles. The van der Waals surface area contributed by atoms with Gasteiger partial charge in [0.1, 0.15) is 0 Å². The first-order valence-corrected chi connectivity index (χ1v) is 5.64. The van der Waals surface area contributed by atoms with Gasteiger partial charge in [0.15, 0.2) is 12.3 Å². The molecule has 2 N–H and O–H groups in total. The molecule has 4 nitrogen and oxygen atoms in total. The van der Waals surface area contributed by atoms with Crippen LogP contribution in [0.25, 0.3) is 0 Å². The summed E-state index contributed by atoms with van der Waals surface area (Å²) in [4.78, 5) is 0. The van der Waals surface area contributed by atoms with Crippen LogP contribution in [0.5, 0.6) is 0 Å². The van der Waals surface area contributed by atoms with E-state index in [9.17, 15) is 23.4 Å². The fourth-order valence-electron chi connectivity index (χ4n) is 2.05. The second kappa shape index (κ2) is 4.82. The average molecular weight is 274 g/mol. The van der Waals surface area contributed by atoms with E-state index in [4.69, 9.17) is 0 Å². The summed E-state index contributed by atoms with van der Waals surface area (Å²) in [5.74, 6) is -1.49. The molecular weight excluding hydrogens is 261 g/mol. The number of para-hydroxylation sites is 1. The van der Waals surface area contributed by atoms with E-state index >= 15 is 0 Å². The van der Waals surface area contributed by atoms with E-state index in [0.717, 1.165) is 5.01 Å². The van der Waals surface area contributed by atoms with Crippen LogP contribution < -0.4 is 5.01 Å². The molecule has 1 aromatic rings. The van der Waals surface area contributed by atoms with Gasteiger partial charge in [-0.3, -0.25) is 0 Å². The highest BCUT2D eigenvalue weighted by atomic mass is 19.4. The predicted octanol–water partition coefficient (Wildman–Crippen LogP) is 1.74. The molecule has 1 aliphatic rings. The summed E-state index contributed by atoms with van der Waals surface area (Å²) in [6.45, 7) is 1.35. The second-order valence-electron chi connectivity index (χ2n) is 4.35. The van der Waals surface area contributed by atoms with E-state index < -0.39 is 24.4 Å². The highest BCUT2D eigenvalue weighted by Gasteiger charge is 2.51. The Hall–Kier alpha value is -1.60. The number of anilines is 1. The number of hydrogen-bond acceptors (Lipinski definition) is 4. The molecule has 3 unspecified atom stereocenters. The third-order valence-electron chi connectivity index (χ3n) is 3.02. The number of hydrogen-bond donors (Lipinski definition) is 2. The van der Waals surface area contributed by atoms with Crippen LogP contribution in [0.1, 0.15) is 6.92 Å². The van der Waals surface area contributed by atoms with Gasteiger partial charge in [-0.2, -0.15) is 18.3 Å². The standard InChI is InChI=1S/C12H13F3N2O2/c1-7-9(10(18)12(13,14)15)11(19)17(16-7)8-5-3-2-4-6-8/h2-6,9-11,18-19H,1H3. The largest absolute Gasteiger partial charge is 0.415 e. The van der Waals surface area contributed by atoms with Crippen molar-refractivity contribution in [3.63, 3.8) is 0 Å². The first-order chi connectivity index (χ1) is 8.82. The monoisotopic (exact) mass is 274 g/mol. The third-order valence-corrected chi connectivity index (χ3v) is 3.02. The van der Waals surface area contributed by atoms with Gasteiger partial charge in [-0.25, -0.2) is 5.01 Å². The van der Waals surface area contributed by atoms with Crippen molar-refractivity contribution in [3.05, 3.63) is 30.3 Å². The number of nitrogens with zero attached hydrogens (tertiary/aromatic N) is 2. The van der Waals surface area contributed by atoms with Gasteiger partial charge in [-0.05, 0) is 19.1 Å². The van der Waals surface area contributed by atoms with Crippen LogP contribution in [-0.2, 0) is 0 Å². The topological polar surface area (TPSA) is 56.1 Å². The van der Waals surface area contributed by atoms with Gasteiger partial charge in [0.2, 0.25) is 0 Å². The van der Waals surface area contributed by atoms with Crippen LogP contribution in [0.15, 0.2) is 35.4 Å². The van der Waals surface area contributed by atoms with E-state index in [0.29, 0.717) is 5.69 Å². The Kier molecular flexibility index (Phi) is 3.51. The average Bonchev–Trinajstić information content (AvgIpc) is 2.64. The first kappa shape index (κ1) is 13.8. The van der Waals surface area contributed by atoms with Crippen molar-refractivity contribution in [2.75, 3.05) is 5.01 Å². The molecule has 1 aromatic carbocycles. The van der Waals surface area contributed by atoms with Crippen molar-refractivity contribution in [1.29, 1.82) is 0 Å². The minimum Gasteiger partial charge on any atom is -0.383 e. The van der Waals surface area contributed by atoms with Gasteiger partial charge in [0.25, 0.3) is 0 Å². The van der Waals surface area contributed by atoms with Crippen LogP contribution in [0.4, 0.5) is 18.9 Å². The van der Waals surface area contributed by atoms with Crippen molar-refractivity contribution in [1.82, 2.24) is 0 Å². The number of hydrazone groups is 1. The maximum absolute atomic E-state index is 12.5.